The van der Waals surface area contributed by atoms with Crippen LogP contribution in [0, 0.1) is 0 Å². The summed E-state index contributed by atoms with van der Waals surface area (Å²) in [7, 11) is 0. The maximum absolute atomic E-state index is 11.2. The molecule has 0 saturated carbocycles. The normalized spacial score (nSPS) is 32.7. The Labute approximate surface area is 197 Å². The number of benzene rings is 3. The molecule has 3 aromatic rings. The van der Waals surface area contributed by atoms with Crippen LogP contribution in [0.5, 0.6) is 0 Å². The Morgan fingerprint density at radius 2 is 0.471 bits per heavy atom. The Hall–Kier alpha value is -3.54. The molecular formula is C30H24O4. The summed E-state index contributed by atoms with van der Waals surface area (Å²) in [6.45, 7) is 0. The monoisotopic (exact) mass is 448 g/mol. The molecule has 13 aliphatic carbocycles. The molecule has 34 heavy (non-hydrogen) atoms. The minimum atomic E-state index is -1.38. The van der Waals surface area contributed by atoms with Crippen LogP contribution >= 0.6 is 0 Å². The van der Waals surface area contributed by atoms with Crippen LogP contribution in [0.1, 0.15) is 22.3 Å². The van der Waals surface area contributed by atoms with Gasteiger partial charge in [-0.15, -0.1) is 0 Å². The summed E-state index contributed by atoms with van der Waals surface area (Å²) >= 11 is 0. The van der Waals surface area contributed by atoms with Gasteiger partial charge in [0.15, 0.2) is 0 Å². The molecule has 0 heterocycles. The molecule has 4 N–H and O–H groups in total. The van der Waals surface area contributed by atoms with Crippen LogP contribution in [-0.2, 0) is 22.4 Å². The second kappa shape index (κ2) is 6.98. The lowest BCUT2D eigenvalue weighted by Gasteiger charge is -2.33. The van der Waals surface area contributed by atoms with Crippen LogP contribution in [0.2, 0.25) is 0 Å². The highest BCUT2D eigenvalue weighted by atomic mass is 16.3. The van der Waals surface area contributed by atoms with E-state index in [1.54, 1.807) is 72.9 Å². The molecule has 0 fully saturated rings. The van der Waals surface area contributed by atoms with Crippen molar-refractivity contribution in [2.24, 2.45) is 0 Å². The minimum absolute atomic E-state index is 0.610. The Balaban J connectivity index is 1.52. The molecule has 0 aromatic heterocycles. The molecule has 168 valence electrons. The third-order valence-electron chi connectivity index (χ3n) is 7.20. The van der Waals surface area contributed by atoms with E-state index in [4.69, 9.17) is 0 Å². The van der Waals surface area contributed by atoms with Gasteiger partial charge >= 0.3 is 0 Å². The van der Waals surface area contributed by atoms with Crippen LogP contribution in [0.4, 0.5) is 0 Å². The van der Waals surface area contributed by atoms with Gasteiger partial charge in [0.2, 0.25) is 0 Å². The molecule has 3 aromatic carbocycles. The van der Waals surface area contributed by atoms with Crippen molar-refractivity contribution in [2.75, 3.05) is 0 Å². The van der Waals surface area contributed by atoms with Crippen LogP contribution in [0.15, 0.2) is 121 Å². The summed E-state index contributed by atoms with van der Waals surface area (Å²) in [5.74, 6) is 0. The molecule has 4 nitrogen and oxygen atoms in total. The first-order valence-electron chi connectivity index (χ1n) is 11.3. The van der Waals surface area contributed by atoms with Crippen molar-refractivity contribution in [1.29, 1.82) is 0 Å². The Kier molecular flexibility index (Phi) is 4.32. The standard InChI is InChI=1S/C30H24O4/c31-27-13-17-29(33,18-14-27)25-9-11-26(12-10-25)30(34)19-15-28(32,16-20-30)24-7-3-22(4-8-24)21-1-5-23(27)6-2-21/h1-20,31-34H. The van der Waals surface area contributed by atoms with Crippen LogP contribution in [0.3, 0.4) is 0 Å². The first-order valence-corrected chi connectivity index (χ1v) is 11.3. The van der Waals surface area contributed by atoms with E-state index in [2.05, 4.69) is 0 Å². The summed E-state index contributed by atoms with van der Waals surface area (Å²) in [5, 5.41) is 44.9. The van der Waals surface area contributed by atoms with E-state index in [0.717, 1.165) is 11.1 Å². The number of rotatable bonds is 0. The molecule has 0 atom stereocenters. The molecule has 13 aliphatic rings. The first kappa shape index (κ1) is 21.0. The first-order chi connectivity index (χ1) is 16.2. The van der Waals surface area contributed by atoms with E-state index in [9.17, 15) is 20.4 Å². The topological polar surface area (TPSA) is 80.9 Å². The maximum atomic E-state index is 11.2. The second-order valence-corrected chi connectivity index (χ2v) is 9.37. The molecule has 0 amide bonds. The summed E-state index contributed by atoms with van der Waals surface area (Å²) in [4.78, 5) is 0. The van der Waals surface area contributed by atoms with Gasteiger partial charge in [0.25, 0.3) is 0 Å². The average Bonchev–Trinajstić information content (AvgIpc) is 2.88. The van der Waals surface area contributed by atoms with E-state index in [1.807, 2.05) is 48.5 Å². The predicted octanol–water partition coefficient (Wildman–Crippen LogP) is 4.07. The highest BCUT2D eigenvalue weighted by molar-refractivity contribution is 5.65. The Bertz CT molecular complexity index is 1240. The predicted molar refractivity (Wildman–Crippen MR) is 130 cm³/mol. The van der Waals surface area contributed by atoms with Gasteiger partial charge in [-0.2, -0.15) is 0 Å². The lowest BCUT2D eigenvalue weighted by Crippen LogP contribution is -2.31. The number of hydrogen-bond donors (Lipinski definition) is 4. The quantitative estimate of drug-likeness (QED) is 0.391. The SMILES string of the molecule is OC12C=CC(O)(C=C1)c1ccc(cc1)C1(O)C=CC(O)(C=C1)c1ccc(cc1)-c1ccc2cc1. The van der Waals surface area contributed by atoms with E-state index < -0.39 is 22.4 Å². The third-order valence-corrected chi connectivity index (χ3v) is 7.20. The lowest BCUT2D eigenvalue weighted by molar-refractivity contribution is 0.104. The molecule has 0 spiro atoms. The van der Waals surface area contributed by atoms with Crippen LogP contribution in [-0.4, -0.2) is 20.4 Å². The van der Waals surface area contributed by atoms with Gasteiger partial charge in [0.1, 0.15) is 22.4 Å². The Morgan fingerprint density at radius 3 is 0.676 bits per heavy atom. The fraction of sp³-hybridized carbons (Fsp3) is 0.133. The molecule has 4 heteroatoms. The molecule has 10 bridgehead atoms. The molecule has 0 aliphatic heterocycles. The van der Waals surface area contributed by atoms with Crippen molar-refractivity contribution in [3.63, 3.8) is 0 Å². The van der Waals surface area contributed by atoms with Gasteiger partial charge < -0.3 is 20.4 Å². The van der Waals surface area contributed by atoms with Crippen molar-refractivity contribution in [3.05, 3.63) is 144 Å². The smallest absolute Gasteiger partial charge is 0.127 e. The van der Waals surface area contributed by atoms with Crippen molar-refractivity contribution >= 4 is 0 Å². The lowest BCUT2D eigenvalue weighted by atomic mass is 9.79. The maximum Gasteiger partial charge on any atom is 0.127 e. The fourth-order valence-corrected chi connectivity index (χ4v) is 4.87. The minimum Gasteiger partial charge on any atom is -0.377 e. The molecule has 0 radical (unpaired) electrons. The van der Waals surface area contributed by atoms with E-state index >= 15 is 0 Å². The molecule has 0 saturated heterocycles. The highest BCUT2D eigenvalue weighted by Gasteiger charge is 2.36. The van der Waals surface area contributed by atoms with Gasteiger partial charge in [-0.05, 0) is 82.0 Å². The molecule has 0 unspecified atom stereocenters. The van der Waals surface area contributed by atoms with E-state index in [0.29, 0.717) is 22.3 Å². The van der Waals surface area contributed by atoms with Crippen molar-refractivity contribution in [1.82, 2.24) is 0 Å². The highest BCUT2D eigenvalue weighted by Crippen LogP contribution is 2.39. The molecule has 16 rings (SSSR count). The zero-order valence-electron chi connectivity index (χ0n) is 18.3. The summed E-state index contributed by atoms with van der Waals surface area (Å²) in [6.07, 6.45) is 12.7. The van der Waals surface area contributed by atoms with Gasteiger partial charge in [-0.3, -0.25) is 0 Å². The number of hydrogen-bond acceptors (Lipinski definition) is 4. The molecular weight excluding hydrogens is 424 g/mol. The average molecular weight is 449 g/mol. The Morgan fingerprint density at radius 1 is 0.294 bits per heavy atom. The van der Waals surface area contributed by atoms with Crippen molar-refractivity contribution < 1.29 is 20.4 Å². The van der Waals surface area contributed by atoms with Crippen molar-refractivity contribution in [3.8, 4) is 11.1 Å². The van der Waals surface area contributed by atoms with Gasteiger partial charge in [0, 0.05) is 0 Å². The fourth-order valence-electron chi connectivity index (χ4n) is 4.87. The van der Waals surface area contributed by atoms with Crippen LogP contribution < -0.4 is 0 Å². The van der Waals surface area contributed by atoms with Gasteiger partial charge in [-0.25, -0.2) is 0 Å². The number of aliphatic hydroxyl groups is 4. The summed E-state index contributed by atoms with van der Waals surface area (Å²) < 4.78 is 0. The third kappa shape index (κ3) is 3.16. The largest absolute Gasteiger partial charge is 0.377 e. The second-order valence-electron chi connectivity index (χ2n) is 9.37. The zero-order valence-corrected chi connectivity index (χ0v) is 18.3. The summed E-state index contributed by atoms with van der Waals surface area (Å²) in [5.41, 5.74) is -0.869. The van der Waals surface area contributed by atoms with Crippen LogP contribution in [0.25, 0.3) is 11.1 Å². The summed E-state index contributed by atoms with van der Waals surface area (Å²) in [6, 6.07) is 22.3. The van der Waals surface area contributed by atoms with E-state index in [1.165, 1.54) is 0 Å². The zero-order chi connectivity index (χ0) is 23.6. The van der Waals surface area contributed by atoms with Crippen molar-refractivity contribution in [2.45, 2.75) is 22.4 Å². The van der Waals surface area contributed by atoms with Gasteiger partial charge in [-0.1, -0.05) is 72.8 Å². The van der Waals surface area contributed by atoms with Gasteiger partial charge in [0.05, 0.1) is 0 Å². The van der Waals surface area contributed by atoms with E-state index in [-0.39, 0.29) is 0 Å².